The fourth-order valence-electron chi connectivity index (χ4n) is 2.21. The average molecular weight is 267 g/mol. The van der Waals surface area contributed by atoms with Crippen LogP contribution in [0, 0.1) is 13.8 Å². The fraction of sp³-hybridized carbons (Fsp3) is 0.333. The highest BCUT2D eigenvalue weighted by atomic mass is 16.1. The van der Waals surface area contributed by atoms with Gasteiger partial charge in [0.15, 0.2) is 0 Å². The lowest BCUT2D eigenvalue weighted by Crippen LogP contribution is -2.12. The Balaban J connectivity index is 2.34. The lowest BCUT2D eigenvalue weighted by atomic mass is 9.86. The Kier molecular flexibility index (Phi) is 3.76. The molecule has 1 aromatic heterocycles. The van der Waals surface area contributed by atoms with Crippen LogP contribution in [-0.2, 0) is 5.41 Å². The molecule has 104 valence electrons. The number of benzene rings is 1. The maximum atomic E-state index is 12.5. The average Bonchev–Trinajstić information content (AvgIpc) is 2.37. The number of rotatable bonds is 2. The number of aromatic nitrogens is 1. The van der Waals surface area contributed by atoms with E-state index in [-0.39, 0.29) is 11.2 Å². The van der Waals surface area contributed by atoms with Gasteiger partial charge < -0.3 is 0 Å². The quantitative estimate of drug-likeness (QED) is 0.762. The van der Waals surface area contributed by atoms with Crippen LogP contribution in [0.4, 0.5) is 0 Å². The van der Waals surface area contributed by atoms with Crippen molar-refractivity contribution in [3.63, 3.8) is 0 Å². The molecule has 2 rings (SSSR count). The molecule has 0 saturated heterocycles. The highest BCUT2D eigenvalue weighted by Gasteiger charge is 2.16. The molecule has 0 radical (unpaired) electrons. The summed E-state index contributed by atoms with van der Waals surface area (Å²) in [6.07, 6.45) is 1.74. The van der Waals surface area contributed by atoms with Crippen molar-refractivity contribution in [3.05, 3.63) is 64.5 Å². The second-order valence-corrected chi connectivity index (χ2v) is 6.33. The normalized spacial score (nSPS) is 11.4. The minimum Gasteiger partial charge on any atom is -0.287 e. The topological polar surface area (TPSA) is 30.0 Å². The van der Waals surface area contributed by atoms with Gasteiger partial charge in [-0.3, -0.25) is 9.78 Å². The maximum Gasteiger partial charge on any atom is 0.211 e. The molecule has 2 aromatic rings. The highest BCUT2D eigenvalue weighted by Crippen LogP contribution is 2.23. The first-order chi connectivity index (χ1) is 9.29. The molecular weight excluding hydrogens is 246 g/mol. The zero-order chi connectivity index (χ0) is 14.9. The molecule has 0 atom stereocenters. The molecule has 0 aliphatic carbocycles. The third-order valence-corrected chi connectivity index (χ3v) is 3.44. The van der Waals surface area contributed by atoms with Crippen molar-refractivity contribution in [1.82, 2.24) is 4.98 Å². The van der Waals surface area contributed by atoms with Gasteiger partial charge in [0, 0.05) is 11.8 Å². The highest BCUT2D eigenvalue weighted by molar-refractivity contribution is 6.08. The van der Waals surface area contributed by atoms with Gasteiger partial charge >= 0.3 is 0 Å². The molecule has 0 spiro atoms. The Hall–Kier alpha value is -1.96. The van der Waals surface area contributed by atoms with Crippen LogP contribution in [0.1, 0.15) is 53.5 Å². The van der Waals surface area contributed by atoms with Crippen molar-refractivity contribution in [2.75, 3.05) is 0 Å². The van der Waals surface area contributed by atoms with E-state index in [2.05, 4.69) is 25.8 Å². The van der Waals surface area contributed by atoms with Gasteiger partial charge in [-0.1, -0.05) is 51.1 Å². The van der Waals surface area contributed by atoms with Crippen molar-refractivity contribution in [2.24, 2.45) is 0 Å². The number of carbonyl (C=O) groups excluding carboxylic acids is 1. The zero-order valence-corrected chi connectivity index (χ0v) is 12.8. The summed E-state index contributed by atoms with van der Waals surface area (Å²) in [5, 5.41) is 0. The number of hydrogen-bond acceptors (Lipinski definition) is 2. The SMILES string of the molecule is Cc1cnc(C(=O)c2ccc(C(C)(C)C)cc2)c(C)c1. The van der Waals surface area contributed by atoms with Crippen LogP contribution in [0.3, 0.4) is 0 Å². The Morgan fingerprint density at radius 1 is 1.05 bits per heavy atom. The molecule has 2 heteroatoms. The summed E-state index contributed by atoms with van der Waals surface area (Å²) in [6.45, 7) is 10.4. The van der Waals surface area contributed by atoms with Crippen LogP contribution < -0.4 is 0 Å². The van der Waals surface area contributed by atoms with Crippen molar-refractivity contribution in [3.8, 4) is 0 Å². The third kappa shape index (κ3) is 2.96. The molecule has 0 saturated carbocycles. The van der Waals surface area contributed by atoms with E-state index in [4.69, 9.17) is 0 Å². The molecule has 0 aliphatic heterocycles. The van der Waals surface area contributed by atoms with Gasteiger partial charge in [0.2, 0.25) is 5.78 Å². The predicted octanol–water partition coefficient (Wildman–Crippen LogP) is 4.23. The zero-order valence-electron chi connectivity index (χ0n) is 12.8. The van der Waals surface area contributed by atoms with E-state index in [0.717, 1.165) is 11.1 Å². The Labute approximate surface area is 120 Å². The fourth-order valence-corrected chi connectivity index (χ4v) is 2.21. The van der Waals surface area contributed by atoms with Crippen molar-refractivity contribution < 1.29 is 4.79 Å². The van der Waals surface area contributed by atoms with E-state index in [1.54, 1.807) is 6.20 Å². The lowest BCUT2D eigenvalue weighted by molar-refractivity contribution is 0.103. The largest absolute Gasteiger partial charge is 0.287 e. The summed E-state index contributed by atoms with van der Waals surface area (Å²) in [7, 11) is 0. The number of hydrogen-bond donors (Lipinski definition) is 0. The van der Waals surface area contributed by atoms with E-state index in [1.165, 1.54) is 5.56 Å². The van der Waals surface area contributed by atoms with E-state index >= 15 is 0 Å². The molecule has 0 unspecified atom stereocenters. The standard InChI is InChI=1S/C18H21NO/c1-12-10-13(2)16(19-11-12)17(20)14-6-8-15(9-7-14)18(3,4)5/h6-11H,1-5H3. The number of nitrogens with zero attached hydrogens (tertiary/aromatic N) is 1. The van der Waals surface area contributed by atoms with Gasteiger partial charge in [-0.25, -0.2) is 0 Å². The summed E-state index contributed by atoms with van der Waals surface area (Å²) in [5.41, 5.74) is 4.55. The molecule has 0 fully saturated rings. The van der Waals surface area contributed by atoms with Gasteiger partial charge in [0.05, 0.1) is 0 Å². The van der Waals surface area contributed by atoms with Crippen LogP contribution in [0.25, 0.3) is 0 Å². The minimum absolute atomic E-state index is 0.0111. The second kappa shape index (κ2) is 5.20. The predicted molar refractivity (Wildman–Crippen MR) is 82.3 cm³/mol. The summed E-state index contributed by atoms with van der Waals surface area (Å²) in [5.74, 6) is -0.0111. The molecule has 1 heterocycles. The van der Waals surface area contributed by atoms with Gasteiger partial charge in [0.25, 0.3) is 0 Å². The van der Waals surface area contributed by atoms with Crippen LogP contribution >= 0.6 is 0 Å². The minimum atomic E-state index is -0.0111. The molecule has 0 aliphatic rings. The Morgan fingerprint density at radius 3 is 2.15 bits per heavy atom. The first kappa shape index (κ1) is 14.4. The smallest absolute Gasteiger partial charge is 0.211 e. The van der Waals surface area contributed by atoms with E-state index in [1.807, 2.05) is 44.2 Å². The van der Waals surface area contributed by atoms with Crippen molar-refractivity contribution >= 4 is 5.78 Å². The van der Waals surface area contributed by atoms with Gasteiger partial charge in [-0.2, -0.15) is 0 Å². The summed E-state index contributed by atoms with van der Waals surface area (Å²) >= 11 is 0. The summed E-state index contributed by atoms with van der Waals surface area (Å²) in [6, 6.07) is 9.82. The van der Waals surface area contributed by atoms with E-state index in [9.17, 15) is 4.79 Å². The Bertz CT molecular complexity index is 633. The third-order valence-electron chi connectivity index (χ3n) is 3.44. The van der Waals surface area contributed by atoms with Crippen molar-refractivity contribution in [1.29, 1.82) is 0 Å². The number of pyridine rings is 1. The summed E-state index contributed by atoms with van der Waals surface area (Å²) in [4.78, 5) is 16.8. The monoisotopic (exact) mass is 267 g/mol. The van der Waals surface area contributed by atoms with Crippen LogP contribution in [0.15, 0.2) is 36.5 Å². The van der Waals surface area contributed by atoms with E-state index in [0.29, 0.717) is 11.3 Å². The van der Waals surface area contributed by atoms with Crippen LogP contribution in [0.5, 0.6) is 0 Å². The first-order valence-electron chi connectivity index (χ1n) is 6.87. The van der Waals surface area contributed by atoms with Gasteiger partial charge in [0.1, 0.15) is 5.69 Å². The molecule has 0 bridgehead atoms. The second-order valence-electron chi connectivity index (χ2n) is 6.33. The summed E-state index contributed by atoms with van der Waals surface area (Å²) < 4.78 is 0. The van der Waals surface area contributed by atoms with Crippen LogP contribution in [0.2, 0.25) is 0 Å². The van der Waals surface area contributed by atoms with E-state index < -0.39 is 0 Å². The molecule has 20 heavy (non-hydrogen) atoms. The molecular formula is C18H21NO. The van der Waals surface area contributed by atoms with Gasteiger partial charge in [-0.15, -0.1) is 0 Å². The first-order valence-corrected chi connectivity index (χ1v) is 6.87. The molecule has 2 nitrogen and oxygen atoms in total. The Morgan fingerprint density at radius 2 is 1.65 bits per heavy atom. The lowest BCUT2D eigenvalue weighted by Gasteiger charge is -2.19. The van der Waals surface area contributed by atoms with Crippen molar-refractivity contribution in [2.45, 2.75) is 40.0 Å². The molecule has 0 amide bonds. The molecule has 0 N–H and O–H groups in total. The molecule has 1 aromatic carbocycles. The van der Waals surface area contributed by atoms with Crippen LogP contribution in [-0.4, -0.2) is 10.8 Å². The maximum absolute atomic E-state index is 12.5. The number of carbonyl (C=O) groups is 1. The van der Waals surface area contributed by atoms with Gasteiger partial charge in [-0.05, 0) is 36.0 Å². The number of aryl methyl sites for hydroxylation is 2. The number of ketones is 1.